The van der Waals surface area contributed by atoms with Crippen molar-refractivity contribution in [1.29, 1.82) is 0 Å². The Bertz CT molecular complexity index is 743. The highest BCUT2D eigenvalue weighted by molar-refractivity contribution is 7.90. The van der Waals surface area contributed by atoms with Gasteiger partial charge in [0, 0.05) is 25.7 Å². The maximum Gasteiger partial charge on any atom is 0.240 e. The molecule has 23 heavy (non-hydrogen) atoms. The number of benzene rings is 1. The molecule has 1 fully saturated rings. The highest BCUT2D eigenvalue weighted by Gasteiger charge is 2.21. The first kappa shape index (κ1) is 18.3. The lowest BCUT2D eigenvalue weighted by Gasteiger charge is -2.32. The summed E-state index contributed by atoms with van der Waals surface area (Å²) >= 11 is 0. The lowest BCUT2D eigenvalue weighted by atomic mass is 10.2. The fraction of sp³-hybridized carbons (Fsp3) is 0.538. The molecule has 8 nitrogen and oxygen atoms in total. The van der Waals surface area contributed by atoms with Crippen LogP contribution in [0, 0.1) is 0 Å². The molecule has 1 saturated heterocycles. The molecule has 0 aromatic heterocycles. The predicted molar refractivity (Wildman–Crippen MR) is 84.9 cm³/mol. The zero-order chi connectivity index (χ0) is 17.1. The zero-order valence-electron chi connectivity index (χ0n) is 12.8. The molecular formula is C13H21N3O5S2. The van der Waals surface area contributed by atoms with Crippen LogP contribution >= 0.6 is 0 Å². The van der Waals surface area contributed by atoms with Gasteiger partial charge in [0.05, 0.1) is 23.0 Å². The molecule has 1 aliphatic heterocycles. The Morgan fingerprint density at radius 1 is 1.22 bits per heavy atom. The number of morpholine rings is 1. The first-order valence-electron chi connectivity index (χ1n) is 7.14. The van der Waals surface area contributed by atoms with Crippen LogP contribution in [0.5, 0.6) is 0 Å². The minimum atomic E-state index is -3.95. The van der Waals surface area contributed by atoms with Gasteiger partial charge in [-0.1, -0.05) is 6.07 Å². The lowest BCUT2D eigenvalue weighted by Crippen LogP contribution is -2.47. The van der Waals surface area contributed by atoms with Crippen molar-refractivity contribution in [2.24, 2.45) is 5.14 Å². The van der Waals surface area contributed by atoms with Crippen LogP contribution in [-0.2, 0) is 24.8 Å². The van der Waals surface area contributed by atoms with Crippen molar-refractivity contribution in [3.63, 3.8) is 0 Å². The lowest BCUT2D eigenvalue weighted by molar-refractivity contribution is 0.0213. The molecule has 0 spiro atoms. The van der Waals surface area contributed by atoms with Gasteiger partial charge in [0.15, 0.2) is 0 Å². The monoisotopic (exact) mass is 363 g/mol. The molecule has 130 valence electrons. The molecule has 0 radical (unpaired) electrons. The first-order valence-corrected chi connectivity index (χ1v) is 10.2. The van der Waals surface area contributed by atoms with Crippen LogP contribution in [0.15, 0.2) is 34.1 Å². The van der Waals surface area contributed by atoms with E-state index in [1.807, 2.05) is 6.92 Å². The van der Waals surface area contributed by atoms with Gasteiger partial charge in [-0.3, -0.25) is 4.90 Å². The quantitative estimate of drug-likeness (QED) is 0.692. The summed E-state index contributed by atoms with van der Waals surface area (Å²) < 4.78 is 55.0. The SMILES string of the molecule is CC(CNS(=O)(=O)c1cccc(S(N)(=O)=O)c1)N1CCOCC1. The number of sulfonamides is 2. The van der Waals surface area contributed by atoms with E-state index < -0.39 is 20.0 Å². The summed E-state index contributed by atoms with van der Waals surface area (Å²) in [5.74, 6) is 0. The molecule has 1 aliphatic rings. The van der Waals surface area contributed by atoms with E-state index in [9.17, 15) is 16.8 Å². The molecule has 0 bridgehead atoms. The summed E-state index contributed by atoms with van der Waals surface area (Å²) in [5.41, 5.74) is 0. The first-order chi connectivity index (χ1) is 10.7. The van der Waals surface area contributed by atoms with Gasteiger partial charge in [0.1, 0.15) is 0 Å². The Morgan fingerprint density at radius 2 is 1.83 bits per heavy atom. The molecule has 1 aromatic rings. The topological polar surface area (TPSA) is 119 Å². The number of nitrogens with zero attached hydrogens (tertiary/aromatic N) is 1. The van der Waals surface area contributed by atoms with Crippen LogP contribution in [0.25, 0.3) is 0 Å². The fourth-order valence-corrected chi connectivity index (χ4v) is 4.08. The maximum atomic E-state index is 12.3. The van der Waals surface area contributed by atoms with Gasteiger partial charge in [0.25, 0.3) is 0 Å². The smallest absolute Gasteiger partial charge is 0.240 e. The molecule has 0 saturated carbocycles. The Kier molecular flexibility index (Phi) is 5.76. The van der Waals surface area contributed by atoms with Gasteiger partial charge in [-0.2, -0.15) is 0 Å². The van der Waals surface area contributed by atoms with E-state index in [0.29, 0.717) is 13.2 Å². The van der Waals surface area contributed by atoms with E-state index in [1.165, 1.54) is 18.2 Å². The van der Waals surface area contributed by atoms with E-state index in [2.05, 4.69) is 9.62 Å². The Hall–Kier alpha value is -1.04. The fourth-order valence-electron chi connectivity index (χ4n) is 2.28. The summed E-state index contributed by atoms with van der Waals surface area (Å²) in [6, 6.07) is 4.99. The van der Waals surface area contributed by atoms with Crippen LogP contribution in [-0.4, -0.2) is 60.6 Å². The van der Waals surface area contributed by atoms with E-state index in [-0.39, 0.29) is 22.4 Å². The average Bonchev–Trinajstić information content (AvgIpc) is 2.53. The summed E-state index contributed by atoms with van der Waals surface area (Å²) in [6.07, 6.45) is 0. The van der Waals surface area contributed by atoms with Crippen molar-refractivity contribution < 1.29 is 21.6 Å². The minimum Gasteiger partial charge on any atom is -0.379 e. The molecule has 1 atom stereocenters. The van der Waals surface area contributed by atoms with E-state index in [1.54, 1.807) is 0 Å². The van der Waals surface area contributed by atoms with Gasteiger partial charge < -0.3 is 4.74 Å². The number of ether oxygens (including phenoxy) is 1. The maximum absolute atomic E-state index is 12.3. The summed E-state index contributed by atoms with van der Waals surface area (Å²) in [7, 11) is -7.75. The van der Waals surface area contributed by atoms with Crippen molar-refractivity contribution in [2.45, 2.75) is 22.8 Å². The highest BCUT2D eigenvalue weighted by Crippen LogP contribution is 2.14. The third kappa shape index (κ3) is 4.96. The number of nitrogens with two attached hydrogens (primary N) is 1. The summed E-state index contributed by atoms with van der Waals surface area (Å²) in [4.78, 5) is 1.77. The number of hydrogen-bond donors (Lipinski definition) is 2. The Morgan fingerprint density at radius 3 is 2.43 bits per heavy atom. The molecule has 0 aliphatic carbocycles. The number of nitrogens with one attached hydrogen (secondary N) is 1. The molecule has 0 amide bonds. The van der Waals surface area contributed by atoms with Crippen LogP contribution in [0.2, 0.25) is 0 Å². The van der Waals surface area contributed by atoms with E-state index in [0.717, 1.165) is 19.2 Å². The van der Waals surface area contributed by atoms with E-state index in [4.69, 9.17) is 9.88 Å². The molecule has 10 heteroatoms. The van der Waals surface area contributed by atoms with Crippen molar-refractivity contribution in [3.8, 4) is 0 Å². The van der Waals surface area contributed by atoms with Crippen molar-refractivity contribution in [1.82, 2.24) is 9.62 Å². The molecule has 3 N–H and O–H groups in total. The molecule has 1 heterocycles. The number of primary sulfonamides is 1. The molecular weight excluding hydrogens is 342 g/mol. The summed E-state index contributed by atoms with van der Waals surface area (Å²) in [6.45, 7) is 4.92. The van der Waals surface area contributed by atoms with Crippen LogP contribution in [0.1, 0.15) is 6.92 Å². The average molecular weight is 363 g/mol. The van der Waals surface area contributed by atoms with Crippen LogP contribution in [0.3, 0.4) is 0 Å². The van der Waals surface area contributed by atoms with Crippen LogP contribution < -0.4 is 9.86 Å². The standard InChI is InChI=1S/C13H21N3O5S2/c1-11(16-5-7-21-8-6-16)10-15-23(19,20)13-4-2-3-12(9-13)22(14,17)18/h2-4,9,11,15H,5-8,10H2,1H3,(H2,14,17,18). The minimum absolute atomic E-state index is 0.00935. The van der Waals surface area contributed by atoms with Gasteiger partial charge >= 0.3 is 0 Å². The molecule has 1 aromatic carbocycles. The summed E-state index contributed by atoms with van der Waals surface area (Å²) in [5, 5.41) is 5.03. The Labute approximate surface area is 136 Å². The van der Waals surface area contributed by atoms with Crippen molar-refractivity contribution >= 4 is 20.0 Å². The predicted octanol–water partition coefficient (Wildman–Crippen LogP) is -0.667. The van der Waals surface area contributed by atoms with E-state index >= 15 is 0 Å². The van der Waals surface area contributed by atoms with Crippen LogP contribution in [0.4, 0.5) is 0 Å². The largest absolute Gasteiger partial charge is 0.379 e. The number of hydrogen-bond acceptors (Lipinski definition) is 6. The Balaban J connectivity index is 2.07. The molecule has 2 rings (SSSR count). The second kappa shape index (κ2) is 7.24. The van der Waals surface area contributed by atoms with Gasteiger partial charge in [-0.15, -0.1) is 0 Å². The third-order valence-corrected chi connectivity index (χ3v) is 6.01. The molecule has 1 unspecified atom stereocenters. The van der Waals surface area contributed by atoms with Crippen molar-refractivity contribution in [2.75, 3.05) is 32.8 Å². The van der Waals surface area contributed by atoms with Gasteiger partial charge in [0.2, 0.25) is 20.0 Å². The number of rotatable bonds is 6. The second-order valence-electron chi connectivity index (χ2n) is 5.37. The van der Waals surface area contributed by atoms with Gasteiger partial charge in [-0.05, 0) is 25.1 Å². The second-order valence-corrected chi connectivity index (χ2v) is 8.70. The zero-order valence-corrected chi connectivity index (χ0v) is 14.4. The van der Waals surface area contributed by atoms with Crippen molar-refractivity contribution in [3.05, 3.63) is 24.3 Å². The van der Waals surface area contributed by atoms with Gasteiger partial charge in [-0.25, -0.2) is 26.7 Å². The normalized spacial score (nSPS) is 18.7. The third-order valence-electron chi connectivity index (χ3n) is 3.68. The highest BCUT2D eigenvalue weighted by atomic mass is 32.2.